The van der Waals surface area contributed by atoms with E-state index in [4.69, 9.17) is 4.74 Å². The van der Waals surface area contributed by atoms with Crippen LogP contribution in [0.1, 0.15) is 51.5 Å². The molecule has 1 atom stereocenters. The number of halogens is 2. The van der Waals surface area contributed by atoms with E-state index in [9.17, 15) is 8.78 Å². The summed E-state index contributed by atoms with van der Waals surface area (Å²) in [7, 11) is 0. The third-order valence-electron chi connectivity index (χ3n) is 4.06. The molecule has 1 aromatic carbocycles. The molecule has 0 amide bonds. The molecule has 1 unspecified atom stereocenters. The quantitative estimate of drug-likeness (QED) is 0.469. The molecule has 0 bridgehead atoms. The van der Waals surface area contributed by atoms with Crippen LogP contribution in [0.5, 0.6) is 5.75 Å². The van der Waals surface area contributed by atoms with Crippen molar-refractivity contribution in [3.05, 3.63) is 47.6 Å². The van der Waals surface area contributed by atoms with Crippen LogP contribution in [-0.4, -0.2) is 6.61 Å². The smallest absolute Gasteiger partial charge is 0.201 e. The molecule has 0 radical (unpaired) electrons. The van der Waals surface area contributed by atoms with Gasteiger partial charge in [-0.25, -0.2) is 4.39 Å². The van der Waals surface area contributed by atoms with Gasteiger partial charge in [0.05, 0.1) is 6.61 Å². The molecule has 3 heteroatoms. The molecule has 0 N–H and O–H groups in total. The van der Waals surface area contributed by atoms with Gasteiger partial charge in [-0.05, 0) is 56.2 Å². The number of hydrogen-bond donors (Lipinski definition) is 0. The van der Waals surface area contributed by atoms with Gasteiger partial charge < -0.3 is 4.74 Å². The maximum atomic E-state index is 14.3. The molecule has 0 saturated carbocycles. The van der Waals surface area contributed by atoms with E-state index in [1.54, 1.807) is 12.1 Å². The lowest BCUT2D eigenvalue weighted by atomic mass is 9.86. The molecule has 2 rings (SSSR count). The molecule has 1 aromatic rings. The third-order valence-corrected chi connectivity index (χ3v) is 4.06. The Morgan fingerprint density at radius 1 is 1.27 bits per heavy atom. The lowest BCUT2D eigenvalue weighted by Crippen LogP contribution is -2.06. The van der Waals surface area contributed by atoms with Gasteiger partial charge in [0.2, 0.25) is 5.82 Å². The van der Waals surface area contributed by atoms with E-state index in [1.807, 2.05) is 26.0 Å². The molecule has 0 heterocycles. The van der Waals surface area contributed by atoms with Crippen molar-refractivity contribution in [1.82, 2.24) is 0 Å². The van der Waals surface area contributed by atoms with Crippen molar-refractivity contribution in [1.29, 1.82) is 0 Å². The number of benzene rings is 1. The molecule has 22 heavy (non-hydrogen) atoms. The Hall–Kier alpha value is -1.64. The molecule has 1 aliphatic rings. The maximum absolute atomic E-state index is 14.3. The van der Waals surface area contributed by atoms with Crippen LogP contribution in [0.25, 0.3) is 5.57 Å². The van der Waals surface area contributed by atoms with E-state index in [0.717, 1.165) is 37.7 Å². The summed E-state index contributed by atoms with van der Waals surface area (Å²) >= 11 is 0. The van der Waals surface area contributed by atoms with Crippen molar-refractivity contribution < 1.29 is 13.5 Å². The summed E-state index contributed by atoms with van der Waals surface area (Å²) in [6.45, 7) is 4.45. The molecule has 0 aliphatic heterocycles. The van der Waals surface area contributed by atoms with E-state index >= 15 is 0 Å². The van der Waals surface area contributed by atoms with Gasteiger partial charge in [-0.3, -0.25) is 0 Å². The normalized spacial score (nSPS) is 18.5. The first-order valence-corrected chi connectivity index (χ1v) is 8.10. The second-order valence-corrected chi connectivity index (χ2v) is 5.73. The second kappa shape index (κ2) is 8.11. The molecular formula is C19H24F2O. The Labute approximate surface area is 131 Å². The third kappa shape index (κ3) is 3.96. The highest BCUT2D eigenvalue weighted by Crippen LogP contribution is 2.34. The Morgan fingerprint density at radius 3 is 2.73 bits per heavy atom. The van der Waals surface area contributed by atoms with Crippen LogP contribution in [0.15, 0.2) is 30.4 Å². The summed E-state index contributed by atoms with van der Waals surface area (Å²) in [6, 6.07) is 3.18. The van der Waals surface area contributed by atoms with E-state index in [2.05, 4.69) is 6.08 Å². The molecule has 120 valence electrons. The van der Waals surface area contributed by atoms with Crippen molar-refractivity contribution in [2.75, 3.05) is 6.61 Å². The first-order chi connectivity index (χ1) is 10.7. The SMILES string of the molecule is CC=CC1CC=C(c2ccc(OCCCC)c(F)c2F)CC1. The summed E-state index contributed by atoms with van der Waals surface area (Å²) in [4.78, 5) is 0. The largest absolute Gasteiger partial charge is 0.490 e. The predicted molar refractivity (Wildman–Crippen MR) is 86.9 cm³/mol. The average Bonchev–Trinajstić information content (AvgIpc) is 2.53. The number of hydrogen-bond acceptors (Lipinski definition) is 1. The number of unbranched alkanes of at least 4 members (excludes halogenated alkanes) is 1. The highest BCUT2D eigenvalue weighted by atomic mass is 19.2. The Kier molecular flexibility index (Phi) is 6.17. The van der Waals surface area contributed by atoms with Gasteiger partial charge in [-0.1, -0.05) is 31.6 Å². The van der Waals surface area contributed by atoms with E-state index < -0.39 is 11.6 Å². The van der Waals surface area contributed by atoms with Gasteiger partial charge >= 0.3 is 0 Å². The molecule has 1 nitrogen and oxygen atoms in total. The zero-order valence-corrected chi connectivity index (χ0v) is 13.4. The first-order valence-electron chi connectivity index (χ1n) is 8.10. The van der Waals surface area contributed by atoms with E-state index in [0.29, 0.717) is 18.1 Å². The summed E-state index contributed by atoms with van der Waals surface area (Å²) in [5.41, 5.74) is 1.27. The highest BCUT2D eigenvalue weighted by Gasteiger charge is 2.20. The zero-order valence-electron chi connectivity index (χ0n) is 13.4. The lowest BCUT2D eigenvalue weighted by Gasteiger charge is -2.20. The van der Waals surface area contributed by atoms with E-state index in [1.165, 1.54) is 0 Å². The van der Waals surface area contributed by atoms with Gasteiger partial charge in [0.15, 0.2) is 11.6 Å². The molecule has 0 fully saturated rings. The van der Waals surface area contributed by atoms with Crippen molar-refractivity contribution in [3.63, 3.8) is 0 Å². The zero-order chi connectivity index (χ0) is 15.9. The first kappa shape index (κ1) is 16.7. The fourth-order valence-electron chi connectivity index (χ4n) is 2.76. The van der Waals surface area contributed by atoms with Gasteiger partial charge in [-0.15, -0.1) is 0 Å². The summed E-state index contributed by atoms with van der Waals surface area (Å²) in [6.07, 6.45) is 10.7. The minimum atomic E-state index is -0.870. The van der Waals surface area contributed by atoms with Crippen molar-refractivity contribution in [2.24, 2.45) is 5.92 Å². The fraction of sp³-hybridized carbons (Fsp3) is 0.474. The Bertz CT molecular complexity index is 561. The molecule has 0 spiro atoms. The van der Waals surface area contributed by atoms with E-state index in [-0.39, 0.29) is 5.75 Å². The van der Waals surface area contributed by atoms with Gasteiger partial charge in [-0.2, -0.15) is 4.39 Å². The lowest BCUT2D eigenvalue weighted by molar-refractivity contribution is 0.288. The summed E-state index contributed by atoms with van der Waals surface area (Å²) in [5, 5.41) is 0. The molecule has 0 aromatic heterocycles. The van der Waals surface area contributed by atoms with Crippen molar-refractivity contribution >= 4 is 5.57 Å². The summed E-state index contributed by atoms with van der Waals surface area (Å²) in [5.74, 6) is -1.13. The van der Waals surface area contributed by atoms with Crippen LogP contribution in [0.3, 0.4) is 0 Å². The molecule has 1 aliphatic carbocycles. The second-order valence-electron chi connectivity index (χ2n) is 5.73. The Morgan fingerprint density at radius 2 is 2.09 bits per heavy atom. The Balaban J connectivity index is 2.14. The monoisotopic (exact) mass is 306 g/mol. The van der Waals surface area contributed by atoms with Crippen LogP contribution in [-0.2, 0) is 0 Å². The van der Waals surface area contributed by atoms with Crippen LogP contribution in [0, 0.1) is 17.6 Å². The van der Waals surface area contributed by atoms with Crippen LogP contribution >= 0.6 is 0 Å². The minimum Gasteiger partial charge on any atom is -0.490 e. The van der Waals surface area contributed by atoms with Crippen molar-refractivity contribution in [3.8, 4) is 5.75 Å². The van der Waals surface area contributed by atoms with Crippen LogP contribution < -0.4 is 4.74 Å². The average molecular weight is 306 g/mol. The summed E-state index contributed by atoms with van der Waals surface area (Å²) < 4.78 is 33.7. The van der Waals surface area contributed by atoms with Crippen LogP contribution in [0.2, 0.25) is 0 Å². The van der Waals surface area contributed by atoms with Gasteiger partial charge in [0.25, 0.3) is 0 Å². The van der Waals surface area contributed by atoms with Gasteiger partial charge in [0.1, 0.15) is 0 Å². The van der Waals surface area contributed by atoms with Gasteiger partial charge in [0, 0.05) is 5.56 Å². The maximum Gasteiger partial charge on any atom is 0.201 e. The molecule has 0 saturated heterocycles. The highest BCUT2D eigenvalue weighted by molar-refractivity contribution is 5.67. The number of rotatable bonds is 6. The minimum absolute atomic E-state index is 0.0119. The fourth-order valence-corrected chi connectivity index (χ4v) is 2.76. The van der Waals surface area contributed by atoms with Crippen LogP contribution in [0.4, 0.5) is 8.78 Å². The predicted octanol–water partition coefficient (Wildman–Crippen LogP) is 5.90. The number of ether oxygens (including phenoxy) is 1. The molecular weight excluding hydrogens is 282 g/mol. The number of allylic oxidation sites excluding steroid dienone is 4. The topological polar surface area (TPSA) is 9.23 Å². The standard InChI is InChI=1S/C19H24F2O/c1-3-5-13-22-17-12-11-16(18(20)19(17)21)15-9-7-14(6-4-2)8-10-15/h4,6,9,11-12,14H,3,5,7-8,10,13H2,1-2H3. The van der Waals surface area contributed by atoms with Crippen molar-refractivity contribution in [2.45, 2.75) is 46.0 Å².